The molecular formula is C14H9Cl4F. The average Bonchev–Trinajstić information content (AvgIpc) is 2.31. The van der Waals surface area contributed by atoms with Crippen molar-refractivity contribution in [3.05, 3.63) is 67.9 Å². The number of aryl methyl sites for hydroxylation is 1. The standard InChI is InChI=1S/C14H9Cl4F/c1-7-2-11(12(17)6-13(7)19)14(18)8-3-9(15)5-10(16)4-8/h2-6,14H,1H3. The van der Waals surface area contributed by atoms with Gasteiger partial charge in [0.1, 0.15) is 5.82 Å². The van der Waals surface area contributed by atoms with Crippen molar-refractivity contribution in [2.45, 2.75) is 12.3 Å². The van der Waals surface area contributed by atoms with E-state index in [1.165, 1.54) is 6.07 Å². The minimum Gasteiger partial charge on any atom is -0.207 e. The average molecular weight is 338 g/mol. The molecule has 0 amide bonds. The van der Waals surface area contributed by atoms with E-state index in [2.05, 4.69) is 0 Å². The van der Waals surface area contributed by atoms with Gasteiger partial charge in [0.2, 0.25) is 0 Å². The first-order chi connectivity index (χ1) is 8.88. The van der Waals surface area contributed by atoms with E-state index in [0.717, 1.165) is 0 Å². The van der Waals surface area contributed by atoms with Gasteiger partial charge in [-0.05, 0) is 53.9 Å². The van der Waals surface area contributed by atoms with Gasteiger partial charge in [-0.15, -0.1) is 11.6 Å². The van der Waals surface area contributed by atoms with Gasteiger partial charge in [-0.25, -0.2) is 4.39 Å². The summed E-state index contributed by atoms with van der Waals surface area (Å²) in [5, 5.41) is 0.716. The van der Waals surface area contributed by atoms with Crippen LogP contribution in [0.25, 0.3) is 0 Å². The lowest BCUT2D eigenvalue weighted by Crippen LogP contribution is -1.97. The van der Waals surface area contributed by atoms with Crippen molar-refractivity contribution in [1.29, 1.82) is 0 Å². The summed E-state index contributed by atoms with van der Waals surface area (Å²) in [6, 6.07) is 7.92. The van der Waals surface area contributed by atoms with E-state index in [-0.39, 0.29) is 10.8 Å². The molecule has 0 aliphatic heterocycles. The van der Waals surface area contributed by atoms with Gasteiger partial charge in [0.25, 0.3) is 0 Å². The molecule has 2 rings (SSSR count). The SMILES string of the molecule is Cc1cc(C(Cl)c2cc(Cl)cc(Cl)c2)c(Cl)cc1F. The Morgan fingerprint density at radius 3 is 2.11 bits per heavy atom. The maximum atomic E-state index is 13.4. The van der Waals surface area contributed by atoms with Crippen LogP contribution in [0, 0.1) is 12.7 Å². The predicted molar refractivity (Wildman–Crippen MR) is 80.3 cm³/mol. The number of halogens is 5. The zero-order chi connectivity index (χ0) is 14.2. The van der Waals surface area contributed by atoms with Gasteiger partial charge in [-0.1, -0.05) is 34.8 Å². The molecule has 0 spiro atoms. The number of hydrogen-bond donors (Lipinski definition) is 0. The van der Waals surface area contributed by atoms with Crippen LogP contribution < -0.4 is 0 Å². The first-order valence-corrected chi connectivity index (χ1v) is 7.01. The van der Waals surface area contributed by atoms with Gasteiger partial charge in [0, 0.05) is 15.1 Å². The van der Waals surface area contributed by atoms with Crippen LogP contribution in [0.1, 0.15) is 22.1 Å². The molecule has 5 heteroatoms. The number of rotatable bonds is 2. The Labute approximate surface area is 131 Å². The van der Waals surface area contributed by atoms with E-state index in [1.807, 2.05) is 0 Å². The Hall–Kier alpha value is -0.470. The van der Waals surface area contributed by atoms with Crippen LogP contribution >= 0.6 is 46.4 Å². The second kappa shape index (κ2) is 5.88. The molecule has 19 heavy (non-hydrogen) atoms. The third-order valence-electron chi connectivity index (χ3n) is 2.73. The monoisotopic (exact) mass is 336 g/mol. The minimum atomic E-state index is -0.539. The van der Waals surface area contributed by atoms with Crippen LogP contribution in [0.3, 0.4) is 0 Å². The van der Waals surface area contributed by atoms with E-state index in [9.17, 15) is 4.39 Å². The molecule has 2 aromatic rings. The molecule has 0 fully saturated rings. The molecule has 0 aliphatic carbocycles. The van der Waals surface area contributed by atoms with Crippen molar-refractivity contribution in [1.82, 2.24) is 0 Å². The predicted octanol–water partition coefficient (Wildman–Crippen LogP) is 6.42. The lowest BCUT2D eigenvalue weighted by atomic mass is 10.0. The Balaban J connectivity index is 2.49. The second-order valence-electron chi connectivity index (χ2n) is 4.19. The molecule has 100 valence electrons. The number of benzene rings is 2. The highest BCUT2D eigenvalue weighted by Crippen LogP contribution is 2.37. The summed E-state index contributed by atoms with van der Waals surface area (Å²) in [7, 11) is 0. The summed E-state index contributed by atoms with van der Waals surface area (Å²) < 4.78 is 13.4. The van der Waals surface area contributed by atoms with Gasteiger partial charge < -0.3 is 0 Å². The maximum Gasteiger partial charge on any atom is 0.127 e. The molecule has 0 saturated heterocycles. The van der Waals surface area contributed by atoms with Gasteiger partial charge in [0.05, 0.1) is 5.38 Å². The number of alkyl halides is 1. The van der Waals surface area contributed by atoms with Gasteiger partial charge >= 0.3 is 0 Å². The Morgan fingerprint density at radius 1 is 0.947 bits per heavy atom. The molecule has 0 aromatic heterocycles. The Bertz CT molecular complexity index is 605. The second-order valence-corrected chi connectivity index (χ2v) is 5.90. The summed E-state index contributed by atoms with van der Waals surface area (Å²) in [6.07, 6.45) is 0. The fraction of sp³-hybridized carbons (Fsp3) is 0.143. The highest BCUT2D eigenvalue weighted by molar-refractivity contribution is 6.35. The molecule has 1 unspecified atom stereocenters. The van der Waals surface area contributed by atoms with Crippen molar-refractivity contribution in [2.24, 2.45) is 0 Å². The Kier molecular flexibility index (Phi) is 4.62. The molecular weight excluding hydrogens is 329 g/mol. The van der Waals surface area contributed by atoms with Gasteiger partial charge in [-0.3, -0.25) is 0 Å². The molecule has 0 bridgehead atoms. The largest absolute Gasteiger partial charge is 0.207 e. The van der Waals surface area contributed by atoms with Crippen molar-refractivity contribution in [2.75, 3.05) is 0 Å². The Morgan fingerprint density at radius 2 is 1.53 bits per heavy atom. The zero-order valence-electron chi connectivity index (χ0n) is 9.85. The van der Waals surface area contributed by atoms with Crippen molar-refractivity contribution in [3.8, 4) is 0 Å². The van der Waals surface area contributed by atoms with Crippen LogP contribution in [0.15, 0.2) is 30.3 Å². The normalized spacial score (nSPS) is 12.5. The fourth-order valence-corrected chi connectivity index (χ4v) is 2.94. The quantitative estimate of drug-likeness (QED) is 0.554. The van der Waals surface area contributed by atoms with Crippen molar-refractivity contribution >= 4 is 46.4 Å². The van der Waals surface area contributed by atoms with Crippen LogP contribution in [-0.4, -0.2) is 0 Å². The molecule has 0 heterocycles. The smallest absolute Gasteiger partial charge is 0.127 e. The van der Waals surface area contributed by atoms with E-state index in [0.29, 0.717) is 26.7 Å². The maximum absolute atomic E-state index is 13.4. The highest BCUT2D eigenvalue weighted by Gasteiger charge is 2.17. The highest BCUT2D eigenvalue weighted by atomic mass is 35.5. The fourth-order valence-electron chi connectivity index (χ4n) is 1.77. The summed E-state index contributed by atoms with van der Waals surface area (Å²) in [5.41, 5.74) is 1.82. The molecule has 0 aliphatic rings. The molecule has 0 radical (unpaired) electrons. The van der Waals surface area contributed by atoms with Gasteiger partial charge in [0.15, 0.2) is 0 Å². The topological polar surface area (TPSA) is 0 Å². The van der Waals surface area contributed by atoms with Crippen LogP contribution in [0.5, 0.6) is 0 Å². The summed E-state index contributed by atoms with van der Waals surface area (Å²) in [6.45, 7) is 1.66. The van der Waals surface area contributed by atoms with E-state index < -0.39 is 5.38 Å². The van der Waals surface area contributed by atoms with Crippen molar-refractivity contribution in [3.63, 3.8) is 0 Å². The first kappa shape index (κ1) is 14.9. The molecule has 1 atom stereocenters. The molecule has 0 N–H and O–H groups in total. The van der Waals surface area contributed by atoms with Gasteiger partial charge in [-0.2, -0.15) is 0 Å². The summed E-state index contributed by atoms with van der Waals surface area (Å²) >= 11 is 24.3. The summed E-state index contributed by atoms with van der Waals surface area (Å²) in [5.74, 6) is -0.359. The van der Waals surface area contributed by atoms with Crippen LogP contribution in [0.4, 0.5) is 4.39 Å². The van der Waals surface area contributed by atoms with E-state index >= 15 is 0 Å². The molecule has 2 aromatic carbocycles. The lowest BCUT2D eigenvalue weighted by molar-refractivity contribution is 0.618. The van der Waals surface area contributed by atoms with E-state index in [4.69, 9.17) is 46.4 Å². The zero-order valence-corrected chi connectivity index (χ0v) is 12.9. The number of hydrogen-bond acceptors (Lipinski definition) is 0. The third-order valence-corrected chi connectivity index (χ3v) is 3.98. The lowest BCUT2D eigenvalue weighted by Gasteiger charge is -2.14. The molecule has 0 nitrogen and oxygen atoms in total. The van der Waals surface area contributed by atoms with Crippen LogP contribution in [-0.2, 0) is 0 Å². The molecule has 0 saturated carbocycles. The summed E-state index contributed by atoms with van der Waals surface area (Å²) in [4.78, 5) is 0. The third kappa shape index (κ3) is 3.35. The minimum absolute atomic E-state index is 0.277. The van der Waals surface area contributed by atoms with Crippen molar-refractivity contribution < 1.29 is 4.39 Å². The van der Waals surface area contributed by atoms with E-state index in [1.54, 1.807) is 31.2 Å². The van der Waals surface area contributed by atoms with Crippen LogP contribution in [0.2, 0.25) is 15.1 Å². The first-order valence-electron chi connectivity index (χ1n) is 5.44.